The van der Waals surface area contributed by atoms with Gasteiger partial charge in [0.05, 0.1) is 11.4 Å². The standard InChI is InChI=1S/C19H23N3O/c1-4-14(3)16-11-12-22(5-2)19(18(16)17(20)13-23)21-15-9-7-6-8-10-15/h4,6-10,13,16H,1,3,5,11-12,20H2,2H3/b18-17-,21-19?. The molecule has 1 aromatic carbocycles. The van der Waals surface area contributed by atoms with E-state index in [1.165, 1.54) is 0 Å². The maximum absolute atomic E-state index is 11.3. The van der Waals surface area contributed by atoms with Crippen molar-refractivity contribution in [2.75, 3.05) is 13.1 Å². The second kappa shape index (κ2) is 7.58. The average Bonchev–Trinajstić information content (AvgIpc) is 2.60. The van der Waals surface area contributed by atoms with E-state index in [9.17, 15) is 4.79 Å². The molecule has 2 rings (SSSR count). The van der Waals surface area contributed by atoms with E-state index in [1.807, 2.05) is 30.3 Å². The molecule has 1 heterocycles. The Morgan fingerprint density at radius 1 is 1.43 bits per heavy atom. The van der Waals surface area contributed by atoms with E-state index in [-0.39, 0.29) is 11.6 Å². The number of likely N-dealkylation sites (N-methyl/N-ethyl adjacent to an activating group) is 1. The summed E-state index contributed by atoms with van der Waals surface area (Å²) < 4.78 is 0. The van der Waals surface area contributed by atoms with Gasteiger partial charge >= 0.3 is 0 Å². The van der Waals surface area contributed by atoms with Crippen molar-refractivity contribution < 1.29 is 4.79 Å². The predicted octanol–water partition coefficient (Wildman–Crippen LogP) is 3.21. The fraction of sp³-hybridized carbons (Fsp3) is 0.263. The smallest absolute Gasteiger partial charge is 0.166 e. The van der Waals surface area contributed by atoms with Crippen molar-refractivity contribution >= 4 is 17.8 Å². The molecular weight excluding hydrogens is 286 g/mol. The maximum atomic E-state index is 11.3. The number of aliphatic imine (C=N–C) groups is 1. The summed E-state index contributed by atoms with van der Waals surface area (Å²) in [6.07, 6.45) is 3.26. The number of carbonyl (C=O) groups excluding carboxylic acids is 1. The molecule has 0 saturated carbocycles. The molecule has 1 aromatic rings. The summed E-state index contributed by atoms with van der Waals surface area (Å²) in [5, 5.41) is 0. The third-order valence-electron chi connectivity index (χ3n) is 4.10. The highest BCUT2D eigenvalue weighted by Gasteiger charge is 2.31. The van der Waals surface area contributed by atoms with Crippen LogP contribution in [0.25, 0.3) is 0 Å². The molecule has 0 spiro atoms. The molecule has 1 atom stereocenters. The van der Waals surface area contributed by atoms with Gasteiger partial charge in [-0.15, -0.1) is 0 Å². The number of hydrogen-bond acceptors (Lipinski definition) is 3. The van der Waals surface area contributed by atoms with E-state index < -0.39 is 0 Å². The van der Waals surface area contributed by atoms with Crippen LogP contribution < -0.4 is 5.73 Å². The SMILES string of the molecule is C=CC(=C)C1CCN(CC)C(=Nc2ccccc2)/C1=C(\N)C=O. The quantitative estimate of drug-likeness (QED) is 0.516. The van der Waals surface area contributed by atoms with Crippen molar-refractivity contribution in [2.24, 2.45) is 16.6 Å². The van der Waals surface area contributed by atoms with Gasteiger partial charge in [0.1, 0.15) is 5.84 Å². The molecular formula is C19H23N3O. The van der Waals surface area contributed by atoms with Gasteiger partial charge in [-0.05, 0) is 31.1 Å². The fourth-order valence-corrected chi connectivity index (χ4v) is 2.83. The van der Waals surface area contributed by atoms with Crippen LogP contribution in [0.3, 0.4) is 0 Å². The second-order valence-electron chi connectivity index (χ2n) is 5.46. The molecule has 0 aliphatic carbocycles. The van der Waals surface area contributed by atoms with E-state index in [2.05, 4.69) is 25.0 Å². The van der Waals surface area contributed by atoms with Crippen LogP contribution in [0.1, 0.15) is 13.3 Å². The Morgan fingerprint density at radius 2 is 2.13 bits per heavy atom. The van der Waals surface area contributed by atoms with Crippen LogP contribution in [0.15, 0.2) is 71.4 Å². The average molecular weight is 309 g/mol. The third-order valence-corrected chi connectivity index (χ3v) is 4.10. The Bertz CT molecular complexity index is 658. The van der Waals surface area contributed by atoms with Gasteiger partial charge in [0.2, 0.25) is 0 Å². The molecule has 1 saturated heterocycles. The fourth-order valence-electron chi connectivity index (χ4n) is 2.83. The van der Waals surface area contributed by atoms with E-state index in [4.69, 9.17) is 10.7 Å². The molecule has 1 fully saturated rings. The first-order valence-corrected chi connectivity index (χ1v) is 7.77. The van der Waals surface area contributed by atoms with Gasteiger partial charge in [-0.25, -0.2) is 4.99 Å². The summed E-state index contributed by atoms with van der Waals surface area (Å²) in [7, 11) is 0. The Kier molecular flexibility index (Phi) is 5.52. The van der Waals surface area contributed by atoms with Crippen LogP contribution in [-0.2, 0) is 4.79 Å². The van der Waals surface area contributed by atoms with Gasteiger partial charge in [-0.1, -0.05) is 37.4 Å². The maximum Gasteiger partial charge on any atom is 0.166 e. The van der Waals surface area contributed by atoms with Crippen molar-refractivity contribution in [2.45, 2.75) is 13.3 Å². The van der Waals surface area contributed by atoms with Gasteiger partial charge in [0.25, 0.3) is 0 Å². The number of benzene rings is 1. The molecule has 23 heavy (non-hydrogen) atoms. The highest BCUT2D eigenvalue weighted by molar-refractivity contribution is 6.05. The van der Waals surface area contributed by atoms with Crippen LogP contribution in [0, 0.1) is 5.92 Å². The van der Waals surface area contributed by atoms with Crippen LogP contribution in [-0.4, -0.2) is 30.1 Å². The van der Waals surface area contributed by atoms with Crippen LogP contribution in [0.4, 0.5) is 5.69 Å². The Morgan fingerprint density at radius 3 is 2.70 bits per heavy atom. The molecule has 0 radical (unpaired) electrons. The minimum absolute atomic E-state index is 0.0250. The van der Waals surface area contributed by atoms with E-state index >= 15 is 0 Å². The predicted molar refractivity (Wildman–Crippen MR) is 95.5 cm³/mol. The zero-order valence-electron chi connectivity index (χ0n) is 13.5. The molecule has 0 amide bonds. The van der Waals surface area contributed by atoms with Crippen LogP contribution >= 0.6 is 0 Å². The molecule has 0 bridgehead atoms. The van der Waals surface area contributed by atoms with Crippen molar-refractivity contribution in [3.8, 4) is 0 Å². The number of piperidine rings is 1. The molecule has 4 heteroatoms. The molecule has 0 aromatic heterocycles. The third kappa shape index (κ3) is 3.59. The molecule has 1 aliphatic heterocycles. The number of aldehydes is 1. The Hall–Kier alpha value is -2.62. The summed E-state index contributed by atoms with van der Waals surface area (Å²) in [4.78, 5) is 18.2. The Labute approximate surface area is 137 Å². The van der Waals surface area contributed by atoms with Gasteiger partial charge in [-0.3, -0.25) is 4.79 Å². The van der Waals surface area contributed by atoms with Crippen molar-refractivity contribution in [3.05, 3.63) is 66.4 Å². The van der Waals surface area contributed by atoms with Crippen molar-refractivity contribution in [3.63, 3.8) is 0 Å². The number of carbonyl (C=O) groups is 1. The minimum atomic E-state index is -0.0250. The summed E-state index contributed by atoms with van der Waals surface area (Å²) in [5.41, 5.74) is 8.68. The lowest BCUT2D eigenvalue weighted by Crippen LogP contribution is -2.42. The molecule has 1 aliphatic rings. The number of hydrogen-bond donors (Lipinski definition) is 1. The lowest BCUT2D eigenvalue weighted by molar-refractivity contribution is -0.105. The number of amidine groups is 1. The summed E-state index contributed by atoms with van der Waals surface area (Å²) in [6, 6.07) is 9.68. The second-order valence-corrected chi connectivity index (χ2v) is 5.46. The summed E-state index contributed by atoms with van der Waals surface area (Å²) in [6.45, 7) is 11.6. The molecule has 120 valence electrons. The van der Waals surface area contributed by atoms with Gasteiger partial charge in [0, 0.05) is 24.6 Å². The van der Waals surface area contributed by atoms with Crippen LogP contribution in [0.5, 0.6) is 0 Å². The first-order chi connectivity index (χ1) is 11.1. The lowest BCUT2D eigenvalue weighted by atomic mass is 9.83. The van der Waals surface area contributed by atoms with Crippen molar-refractivity contribution in [1.82, 2.24) is 4.90 Å². The summed E-state index contributed by atoms with van der Waals surface area (Å²) in [5.74, 6) is 0.727. The topological polar surface area (TPSA) is 58.7 Å². The van der Waals surface area contributed by atoms with Gasteiger partial charge in [-0.2, -0.15) is 0 Å². The highest BCUT2D eigenvalue weighted by atomic mass is 16.1. The number of nitrogens with two attached hydrogens (primary N) is 1. The van der Waals surface area contributed by atoms with E-state index in [0.717, 1.165) is 42.2 Å². The van der Waals surface area contributed by atoms with Crippen LogP contribution in [0.2, 0.25) is 0 Å². The Balaban J connectivity index is 2.59. The zero-order chi connectivity index (χ0) is 16.8. The number of allylic oxidation sites excluding steroid dienone is 3. The molecule has 1 unspecified atom stereocenters. The summed E-state index contributed by atoms with van der Waals surface area (Å²) >= 11 is 0. The normalized spacial score (nSPS) is 21.9. The monoisotopic (exact) mass is 309 g/mol. The number of rotatable bonds is 5. The minimum Gasteiger partial charge on any atom is -0.396 e. The van der Waals surface area contributed by atoms with Crippen molar-refractivity contribution in [1.29, 1.82) is 0 Å². The van der Waals surface area contributed by atoms with Gasteiger partial charge in [0.15, 0.2) is 6.29 Å². The number of para-hydroxylation sites is 1. The van der Waals surface area contributed by atoms with Gasteiger partial charge < -0.3 is 10.6 Å². The largest absolute Gasteiger partial charge is 0.396 e. The molecule has 2 N–H and O–H groups in total. The molecule has 4 nitrogen and oxygen atoms in total. The van der Waals surface area contributed by atoms with E-state index in [0.29, 0.717) is 6.29 Å². The first-order valence-electron chi connectivity index (χ1n) is 7.77. The van der Waals surface area contributed by atoms with E-state index in [1.54, 1.807) is 6.08 Å². The number of nitrogens with zero attached hydrogens (tertiary/aromatic N) is 2. The highest BCUT2D eigenvalue weighted by Crippen LogP contribution is 2.33. The zero-order valence-corrected chi connectivity index (χ0v) is 13.5. The number of likely N-dealkylation sites (tertiary alicyclic amines) is 1. The first kappa shape index (κ1) is 16.7. The lowest BCUT2D eigenvalue weighted by Gasteiger charge is -2.37.